The number of nitriles is 1. The van der Waals surface area contributed by atoms with Crippen molar-refractivity contribution in [3.8, 4) is 11.8 Å². The molecule has 0 radical (unpaired) electrons. The standard InChI is InChI=1S/C22H17BrN6/c1-13-26-27-21-28(13)19-11-25-18-9-6-15(23)10-17(18)20(19)29(21)16-7-4-14(5-8-16)22(2,3)12-24/h4-11H,1-3H3. The zero-order chi connectivity index (χ0) is 20.3. The predicted molar refractivity (Wildman–Crippen MR) is 116 cm³/mol. The molecule has 0 spiro atoms. The highest BCUT2D eigenvalue weighted by Crippen LogP contribution is 2.32. The van der Waals surface area contributed by atoms with E-state index < -0.39 is 5.41 Å². The Balaban J connectivity index is 1.89. The molecule has 0 saturated carbocycles. The molecule has 0 atom stereocenters. The van der Waals surface area contributed by atoms with Gasteiger partial charge >= 0.3 is 0 Å². The van der Waals surface area contributed by atoms with Crippen molar-refractivity contribution in [2.45, 2.75) is 26.2 Å². The van der Waals surface area contributed by atoms with Gasteiger partial charge in [-0.3, -0.25) is 14.0 Å². The second-order valence-electron chi connectivity index (χ2n) is 7.66. The highest BCUT2D eigenvalue weighted by atomic mass is 79.9. The van der Waals surface area contributed by atoms with E-state index in [-0.39, 0.29) is 0 Å². The van der Waals surface area contributed by atoms with Gasteiger partial charge in [0.15, 0.2) is 0 Å². The minimum absolute atomic E-state index is 0.542. The van der Waals surface area contributed by atoms with Crippen LogP contribution in [0.25, 0.3) is 33.4 Å². The van der Waals surface area contributed by atoms with Crippen LogP contribution in [0.2, 0.25) is 0 Å². The lowest BCUT2D eigenvalue weighted by Crippen LogP contribution is -2.13. The van der Waals surface area contributed by atoms with Gasteiger partial charge < -0.3 is 0 Å². The quantitative estimate of drug-likeness (QED) is 0.379. The minimum atomic E-state index is -0.542. The van der Waals surface area contributed by atoms with Gasteiger partial charge in [-0.25, -0.2) is 0 Å². The first-order valence-electron chi connectivity index (χ1n) is 9.23. The summed E-state index contributed by atoms with van der Waals surface area (Å²) in [5.74, 6) is 1.54. The molecule has 0 N–H and O–H groups in total. The van der Waals surface area contributed by atoms with Crippen molar-refractivity contribution >= 4 is 43.6 Å². The average molecular weight is 445 g/mol. The number of imidazole rings is 1. The normalized spacial score (nSPS) is 12.1. The molecule has 2 aromatic carbocycles. The van der Waals surface area contributed by atoms with Gasteiger partial charge in [-0.05, 0) is 56.7 Å². The van der Waals surface area contributed by atoms with Crippen LogP contribution >= 0.6 is 15.9 Å². The molecule has 0 aliphatic carbocycles. The molecule has 0 fully saturated rings. The fraction of sp³-hybridized carbons (Fsp3) is 0.182. The molecule has 0 amide bonds. The summed E-state index contributed by atoms with van der Waals surface area (Å²) < 4.78 is 5.12. The lowest BCUT2D eigenvalue weighted by Gasteiger charge is -2.16. The molecule has 142 valence electrons. The van der Waals surface area contributed by atoms with Crippen molar-refractivity contribution in [2.75, 3.05) is 0 Å². The van der Waals surface area contributed by atoms with Crippen molar-refractivity contribution in [1.82, 2.24) is 24.1 Å². The van der Waals surface area contributed by atoms with Crippen LogP contribution in [0.4, 0.5) is 0 Å². The molecule has 3 aromatic heterocycles. The van der Waals surface area contributed by atoms with Gasteiger partial charge in [-0.15, -0.1) is 10.2 Å². The fourth-order valence-corrected chi connectivity index (χ4v) is 4.11. The number of nitrogens with zero attached hydrogens (tertiary/aromatic N) is 6. The van der Waals surface area contributed by atoms with E-state index in [2.05, 4.69) is 47.8 Å². The first-order valence-corrected chi connectivity index (χ1v) is 10.0. The maximum Gasteiger partial charge on any atom is 0.241 e. The Morgan fingerprint density at radius 3 is 2.55 bits per heavy atom. The van der Waals surface area contributed by atoms with E-state index in [4.69, 9.17) is 0 Å². The number of hydrogen-bond donors (Lipinski definition) is 0. The summed E-state index contributed by atoms with van der Waals surface area (Å²) in [6.07, 6.45) is 1.87. The molecule has 0 aliphatic rings. The third kappa shape index (κ3) is 2.56. The molecular weight excluding hydrogens is 428 g/mol. The van der Waals surface area contributed by atoms with Gasteiger partial charge in [0.05, 0.1) is 34.2 Å². The Morgan fingerprint density at radius 2 is 1.83 bits per heavy atom. The molecule has 3 heterocycles. The number of rotatable bonds is 2. The number of benzene rings is 2. The molecular formula is C22H17BrN6. The third-order valence-electron chi connectivity index (χ3n) is 5.38. The Kier molecular flexibility index (Phi) is 3.77. The van der Waals surface area contributed by atoms with Crippen molar-refractivity contribution in [3.63, 3.8) is 0 Å². The van der Waals surface area contributed by atoms with E-state index in [0.29, 0.717) is 0 Å². The Bertz CT molecular complexity index is 1450. The number of aryl methyl sites for hydroxylation is 1. The van der Waals surface area contributed by atoms with Gasteiger partial charge in [0, 0.05) is 15.5 Å². The summed E-state index contributed by atoms with van der Waals surface area (Å²) in [6, 6.07) is 16.5. The van der Waals surface area contributed by atoms with Crippen LogP contribution in [0, 0.1) is 18.3 Å². The molecule has 0 unspecified atom stereocenters. The zero-order valence-corrected chi connectivity index (χ0v) is 17.8. The molecule has 5 rings (SSSR count). The molecule has 5 aromatic rings. The second kappa shape index (κ2) is 6.13. The van der Waals surface area contributed by atoms with E-state index >= 15 is 0 Å². The van der Waals surface area contributed by atoms with Gasteiger partial charge in [-0.2, -0.15) is 5.26 Å². The summed E-state index contributed by atoms with van der Waals surface area (Å²) in [5, 5.41) is 19.2. The summed E-state index contributed by atoms with van der Waals surface area (Å²) in [6.45, 7) is 5.78. The van der Waals surface area contributed by atoms with Crippen LogP contribution < -0.4 is 0 Å². The molecule has 29 heavy (non-hydrogen) atoms. The highest BCUT2D eigenvalue weighted by molar-refractivity contribution is 9.10. The van der Waals surface area contributed by atoms with Crippen LogP contribution in [-0.4, -0.2) is 24.1 Å². The van der Waals surface area contributed by atoms with Crippen molar-refractivity contribution in [1.29, 1.82) is 5.26 Å². The van der Waals surface area contributed by atoms with Gasteiger partial charge in [0.25, 0.3) is 0 Å². The van der Waals surface area contributed by atoms with Crippen LogP contribution in [0.15, 0.2) is 53.1 Å². The highest BCUT2D eigenvalue weighted by Gasteiger charge is 2.22. The van der Waals surface area contributed by atoms with E-state index in [1.165, 1.54) is 0 Å². The average Bonchev–Trinajstić information content (AvgIpc) is 3.26. The molecule has 0 aliphatic heterocycles. The minimum Gasteiger partial charge on any atom is -0.276 e. The summed E-state index contributed by atoms with van der Waals surface area (Å²) >= 11 is 3.58. The van der Waals surface area contributed by atoms with Crippen LogP contribution in [0.5, 0.6) is 0 Å². The van der Waals surface area contributed by atoms with Gasteiger partial charge in [-0.1, -0.05) is 28.1 Å². The number of fused-ring (bicyclic) bond motifs is 5. The Hall–Kier alpha value is -3.24. The maximum atomic E-state index is 9.44. The van der Waals surface area contributed by atoms with Crippen LogP contribution in [0.3, 0.4) is 0 Å². The SMILES string of the molecule is Cc1nnc2n(-c3ccc(C(C)(C)C#N)cc3)c3c4cc(Br)ccc4ncc3n12. The van der Waals surface area contributed by atoms with E-state index in [0.717, 1.165) is 49.3 Å². The van der Waals surface area contributed by atoms with Crippen molar-refractivity contribution < 1.29 is 0 Å². The molecule has 7 heteroatoms. The molecule has 6 nitrogen and oxygen atoms in total. The smallest absolute Gasteiger partial charge is 0.241 e. The maximum absolute atomic E-state index is 9.44. The topological polar surface area (TPSA) is 71.8 Å². The molecule has 0 bridgehead atoms. The summed E-state index contributed by atoms with van der Waals surface area (Å²) in [4.78, 5) is 4.64. The van der Waals surface area contributed by atoms with Crippen LogP contribution in [-0.2, 0) is 5.41 Å². The lowest BCUT2D eigenvalue weighted by atomic mass is 9.86. The number of aromatic nitrogens is 5. The number of hydrogen-bond acceptors (Lipinski definition) is 4. The first kappa shape index (κ1) is 17.8. The second-order valence-corrected chi connectivity index (χ2v) is 8.57. The number of pyridine rings is 1. The zero-order valence-electron chi connectivity index (χ0n) is 16.2. The fourth-order valence-electron chi connectivity index (χ4n) is 3.75. The third-order valence-corrected chi connectivity index (χ3v) is 5.87. The predicted octanol–water partition coefficient (Wildman–Crippen LogP) is 5.09. The Morgan fingerprint density at radius 1 is 1.07 bits per heavy atom. The van der Waals surface area contributed by atoms with Crippen LogP contribution in [0.1, 0.15) is 25.2 Å². The van der Waals surface area contributed by atoms with Crippen molar-refractivity contribution in [2.24, 2.45) is 0 Å². The first-order chi connectivity index (χ1) is 13.9. The monoisotopic (exact) mass is 444 g/mol. The summed E-state index contributed by atoms with van der Waals surface area (Å²) in [5.41, 5.74) is 4.28. The van der Waals surface area contributed by atoms with E-state index in [1.807, 2.05) is 67.8 Å². The van der Waals surface area contributed by atoms with Gasteiger partial charge in [0.1, 0.15) is 5.82 Å². The summed E-state index contributed by atoms with van der Waals surface area (Å²) in [7, 11) is 0. The van der Waals surface area contributed by atoms with E-state index in [9.17, 15) is 5.26 Å². The number of halogens is 1. The molecule has 0 saturated heterocycles. The van der Waals surface area contributed by atoms with Gasteiger partial charge in [0.2, 0.25) is 5.78 Å². The van der Waals surface area contributed by atoms with Crippen molar-refractivity contribution in [3.05, 3.63) is 64.5 Å². The van der Waals surface area contributed by atoms with E-state index in [1.54, 1.807) is 0 Å². The largest absolute Gasteiger partial charge is 0.276 e. The Labute approximate surface area is 175 Å². The lowest BCUT2D eigenvalue weighted by molar-refractivity contribution is 0.687.